The molecule has 0 saturated heterocycles. The molecule has 0 bridgehead atoms. The van der Waals surface area contributed by atoms with Gasteiger partial charge in [0.2, 0.25) is 5.95 Å². The Kier molecular flexibility index (Phi) is 7.16. The van der Waals surface area contributed by atoms with E-state index >= 15 is 0 Å². The van der Waals surface area contributed by atoms with Gasteiger partial charge in [0.1, 0.15) is 11.2 Å². The Morgan fingerprint density at radius 1 is 0.362 bits per heavy atom. The molecule has 5 nitrogen and oxygen atoms in total. The van der Waals surface area contributed by atoms with Gasteiger partial charge in [0.15, 0.2) is 11.6 Å². The molecule has 12 aromatic rings. The van der Waals surface area contributed by atoms with E-state index in [0.717, 1.165) is 87.9 Å². The molecule has 12 rings (SSSR count). The Morgan fingerprint density at radius 3 is 1.84 bits per heavy atom. The summed E-state index contributed by atoms with van der Waals surface area (Å²) in [5.41, 5.74) is 10.00. The Hall–Kier alpha value is -7.89. The zero-order valence-corrected chi connectivity index (χ0v) is 31.2. The summed E-state index contributed by atoms with van der Waals surface area (Å²) in [5, 5.41) is 9.12. The van der Waals surface area contributed by atoms with Crippen LogP contribution < -0.4 is 0 Å². The van der Waals surface area contributed by atoms with Crippen molar-refractivity contribution < 1.29 is 4.42 Å². The zero-order valence-electron chi connectivity index (χ0n) is 31.2. The van der Waals surface area contributed by atoms with Gasteiger partial charge in [-0.15, -0.1) is 0 Å². The summed E-state index contributed by atoms with van der Waals surface area (Å²) in [6.07, 6.45) is 0. The first-order valence-electron chi connectivity index (χ1n) is 19.5. The maximum Gasteiger partial charge on any atom is 0.238 e. The molecule has 3 aromatic heterocycles. The van der Waals surface area contributed by atoms with Gasteiger partial charge >= 0.3 is 0 Å². The van der Waals surface area contributed by atoms with Crippen LogP contribution in [0, 0.1) is 0 Å². The van der Waals surface area contributed by atoms with E-state index in [2.05, 4.69) is 180 Å². The molecule has 0 aliphatic rings. The summed E-state index contributed by atoms with van der Waals surface area (Å²) in [5.74, 6) is 1.76. The van der Waals surface area contributed by atoms with Crippen molar-refractivity contribution in [3.8, 4) is 51.0 Å². The van der Waals surface area contributed by atoms with E-state index in [0.29, 0.717) is 17.6 Å². The SMILES string of the molecule is c1ccc(-c2ccc(-c3nc(-c4ccc5ccccc5c4)nc(-n4c5ccc6ccccc6c5c5cccc(-c6ccc7c(c6)oc6ccccc67)c54)n3)cc2)cc1. The molecule has 0 spiro atoms. The van der Waals surface area contributed by atoms with Crippen LogP contribution in [0.25, 0.3) is 116 Å². The smallest absolute Gasteiger partial charge is 0.238 e. The lowest BCUT2D eigenvalue weighted by Gasteiger charge is -2.13. The van der Waals surface area contributed by atoms with Gasteiger partial charge in [0.05, 0.1) is 11.0 Å². The monoisotopic (exact) mass is 740 g/mol. The molecule has 3 heterocycles. The van der Waals surface area contributed by atoms with Crippen LogP contribution in [0.2, 0.25) is 0 Å². The molecule has 0 aliphatic carbocycles. The van der Waals surface area contributed by atoms with Crippen LogP contribution in [0.4, 0.5) is 0 Å². The molecule has 5 heteroatoms. The van der Waals surface area contributed by atoms with Crippen molar-refractivity contribution in [3.63, 3.8) is 0 Å². The lowest BCUT2D eigenvalue weighted by Crippen LogP contribution is -2.07. The molecular weight excluding hydrogens is 709 g/mol. The van der Waals surface area contributed by atoms with Crippen molar-refractivity contribution in [1.82, 2.24) is 19.5 Å². The highest BCUT2D eigenvalue weighted by Gasteiger charge is 2.22. The maximum absolute atomic E-state index is 6.41. The van der Waals surface area contributed by atoms with Crippen molar-refractivity contribution in [2.45, 2.75) is 0 Å². The van der Waals surface area contributed by atoms with E-state index in [-0.39, 0.29) is 0 Å². The molecule has 0 fully saturated rings. The fraction of sp³-hybridized carbons (Fsp3) is 0. The topological polar surface area (TPSA) is 56.7 Å². The molecule has 0 unspecified atom stereocenters. The molecule has 0 N–H and O–H groups in total. The van der Waals surface area contributed by atoms with Crippen LogP contribution in [0.1, 0.15) is 0 Å². The summed E-state index contributed by atoms with van der Waals surface area (Å²) in [4.78, 5) is 15.9. The third-order valence-corrected chi connectivity index (χ3v) is 11.4. The van der Waals surface area contributed by atoms with Gasteiger partial charge in [-0.2, -0.15) is 9.97 Å². The summed E-state index contributed by atoms with van der Waals surface area (Å²) in [6.45, 7) is 0. The van der Waals surface area contributed by atoms with Crippen molar-refractivity contribution >= 4 is 65.3 Å². The van der Waals surface area contributed by atoms with E-state index in [1.54, 1.807) is 0 Å². The number of aromatic nitrogens is 4. The van der Waals surface area contributed by atoms with Crippen LogP contribution in [0.3, 0.4) is 0 Å². The standard InChI is InChI=1S/C53H32N4O/c1-2-11-33(12-3-1)35-21-24-37(25-22-35)51-54-52(40-26-23-34-13-4-5-15-38(34)31-40)56-53(55-51)57-46-30-28-36-14-6-7-16-41(36)49(46)45-19-10-18-42(50(45)57)39-27-29-44-43-17-8-9-20-47(43)58-48(44)32-39/h1-32H. The maximum atomic E-state index is 6.41. The third kappa shape index (κ3) is 5.14. The van der Waals surface area contributed by atoms with Gasteiger partial charge in [-0.3, -0.25) is 4.57 Å². The van der Waals surface area contributed by atoms with E-state index in [1.165, 1.54) is 10.8 Å². The van der Waals surface area contributed by atoms with Gasteiger partial charge in [0.25, 0.3) is 0 Å². The molecule has 0 aliphatic heterocycles. The summed E-state index contributed by atoms with van der Waals surface area (Å²) in [7, 11) is 0. The highest BCUT2D eigenvalue weighted by Crippen LogP contribution is 2.42. The first-order valence-corrected chi connectivity index (χ1v) is 19.5. The molecule has 9 aromatic carbocycles. The number of rotatable bonds is 5. The van der Waals surface area contributed by atoms with Gasteiger partial charge in [-0.05, 0) is 68.6 Å². The summed E-state index contributed by atoms with van der Waals surface area (Å²) < 4.78 is 8.65. The highest BCUT2D eigenvalue weighted by molar-refractivity contribution is 6.23. The van der Waals surface area contributed by atoms with Crippen LogP contribution in [0.5, 0.6) is 0 Å². The Bertz CT molecular complexity index is 3560. The number of hydrogen-bond acceptors (Lipinski definition) is 4. The zero-order chi connectivity index (χ0) is 38.2. The molecule has 0 saturated carbocycles. The fourth-order valence-electron chi connectivity index (χ4n) is 8.66. The molecule has 0 atom stereocenters. The lowest BCUT2D eigenvalue weighted by atomic mass is 9.99. The number of hydrogen-bond donors (Lipinski definition) is 0. The van der Waals surface area contributed by atoms with E-state index < -0.39 is 0 Å². The number of para-hydroxylation sites is 2. The second-order valence-electron chi connectivity index (χ2n) is 14.8. The van der Waals surface area contributed by atoms with Crippen molar-refractivity contribution in [1.29, 1.82) is 0 Å². The van der Waals surface area contributed by atoms with Gasteiger partial charge in [-0.25, -0.2) is 4.98 Å². The lowest BCUT2D eigenvalue weighted by molar-refractivity contribution is 0.669. The first kappa shape index (κ1) is 32.4. The third-order valence-electron chi connectivity index (χ3n) is 11.4. The predicted molar refractivity (Wildman–Crippen MR) is 238 cm³/mol. The van der Waals surface area contributed by atoms with Crippen LogP contribution in [-0.4, -0.2) is 19.5 Å². The van der Waals surface area contributed by atoms with Crippen LogP contribution >= 0.6 is 0 Å². The van der Waals surface area contributed by atoms with Crippen molar-refractivity contribution in [2.75, 3.05) is 0 Å². The molecule has 270 valence electrons. The average molecular weight is 741 g/mol. The number of furan rings is 1. The molecule has 0 amide bonds. The Labute approximate surface area is 333 Å². The Balaban J connectivity index is 1.15. The fourth-order valence-corrected chi connectivity index (χ4v) is 8.66. The second-order valence-corrected chi connectivity index (χ2v) is 14.8. The molecule has 58 heavy (non-hydrogen) atoms. The van der Waals surface area contributed by atoms with E-state index in [9.17, 15) is 0 Å². The van der Waals surface area contributed by atoms with Gasteiger partial charge in [-0.1, -0.05) is 164 Å². The van der Waals surface area contributed by atoms with Crippen LogP contribution in [-0.2, 0) is 0 Å². The number of fused-ring (bicyclic) bond motifs is 9. The predicted octanol–water partition coefficient (Wildman–Crippen LogP) is 13.8. The number of nitrogens with zero attached hydrogens (tertiary/aromatic N) is 4. The van der Waals surface area contributed by atoms with E-state index in [1.807, 2.05) is 18.2 Å². The average Bonchev–Trinajstić information content (AvgIpc) is 3.85. The quantitative estimate of drug-likeness (QED) is 0.176. The number of benzene rings is 9. The summed E-state index contributed by atoms with van der Waals surface area (Å²) >= 11 is 0. The van der Waals surface area contributed by atoms with Crippen LogP contribution in [0.15, 0.2) is 199 Å². The normalized spacial score (nSPS) is 11.8. The minimum absolute atomic E-state index is 0.549. The second kappa shape index (κ2) is 12.8. The highest BCUT2D eigenvalue weighted by atomic mass is 16.3. The Morgan fingerprint density at radius 2 is 0.983 bits per heavy atom. The first-order chi connectivity index (χ1) is 28.7. The molecular formula is C53H32N4O. The molecule has 0 radical (unpaired) electrons. The minimum Gasteiger partial charge on any atom is -0.456 e. The van der Waals surface area contributed by atoms with Gasteiger partial charge < -0.3 is 4.42 Å². The van der Waals surface area contributed by atoms with Gasteiger partial charge in [0, 0.05) is 38.2 Å². The summed E-state index contributed by atoms with van der Waals surface area (Å²) in [6, 6.07) is 68.1. The van der Waals surface area contributed by atoms with Crippen molar-refractivity contribution in [2.24, 2.45) is 0 Å². The van der Waals surface area contributed by atoms with Crippen molar-refractivity contribution in [3.05, 3.63) is 194 Å². The van der Waals surface area contributed by atoms with E-state index in [4.69, 9.17) is 19.4 Å². The largest absolute Gasteiger partial charge is 0.456 e. The minimum atomic E-state index is 0.549.